The minimum Gasteiger partial charge on any atom is -0.445 e. The van der Waals surface area contributed by atoms with Crippen molar-refractivity contribution in [2.45, 2.75) is 50.7 Å². The topological polar surface area (TPSA) is 62.2 Å². The monoisotopic (exact) mass is 555 g/mol. The second-order valence-electron chi connectivity index (χ2n) is 9.61. The van der Waals surface area contributed by atoms with E-state index in [1.165, 1.54) is 0 Å². The molecule has 6 nitrogen and oxygen atoms in total. The van der Waals surface area contributed by atoms with E-state index in [0.29, 0.717) is 50.3 Å². The zero-order valence-electron chi connectivity index (χ0n) is 20.9. The summed E-state index contributed by atoms with van der Waals surface area (Å²) in [5.74, 6) is -1.14. The first kappa shape index (κ1) is 28.6. The van der Waals surface area contributed by atoms with Gasteiger partial charge in [0.1, 0.15) is 6.61 Å². The van der Waals surface area contributed by atoms with Gasteiger partial charge in [0, 0.05) is 43.5 Å². The molecule has 2 fully saturated rings. The van der Waals surface area contributed by atoms with Gasteiger partial charge in [-0.05, 0) is 49.4 Å². The van der Waals surface area contributed by atoms with Crippen LogP contribution < -0.4 is 0 Å². The van der Waals surface area contributed by atoms with E-state index < -0.39 is 41.0 Å². The lowest BCUT2D eigenvalue weighted by atomic mass is 10.0. The zero-order valence-corrected chi connectivity index (χ0v) is 20.9. The van der Waals surface area contributed by atoms with Gasteiger partial charge in [0.25, 0.3) is 5.91 Å². The van der Waals surface area contributed by atoms with Crippen LogP contribution in [0.1, 0.15) is 52.7 Å². The van der Waals surface area contributed by atoms with Crippen LogP contribution >= 0.6 is 0 Å². The van der Waals surface area contributed by atoms with E-state index in [2.05, 4.69) is 9.89 Å². The van der Waals surface area contributed by atoms with Crippen molar-refractivity contribution < 1.29 is 40.7 Å². The molecule has 0 saturated carbocycles. The molecule has 0 spiro atoms. The van der Waals surface area contributed by atoms with E-state index in [-0.39, 0.29) is 25.3 Å². The molecule has 0 aromatic heterocycles. The Labute approximate surface area is 221 Å². The van der Waals surface area contributed by atoms with Crippen LogP contribution in [0.3, 0.4) is 0 Å². The van der Waals surface area contributed by atoms with Crippen molar-refractivity contribution in [3.8, 4) is 0 Å². The van der Waals surface area contributed by atoms with E-state index in [9.17, 15) is 35.9 Å². The highest BCUT2D eigenvalue weighted by Gasteiger charge is 2.38. The number of alkyl halides is 6. The number of carbonyl (C=O) groups is 2. The summed E-state index contributed by atoms with van der Waals surface area (Å²) in [6, 6.07) is 10.2. The summed E-state index contributed by atoms with van der Waals surface area (Å²) in [6.07, 6.45) is -7.94. The standard InChI is InChI=1S/C27H27F6N3O3/c28-26(29,30)20-13-19(14-21(15-20)27(31,32)33)24(37)34-22-8-11-36(16-22)23-7-4-10-35(12-9-23)25(38)39-17-18-5-2-1-3-6-18/h1-3,5-6,13-15,23H,4,7-12,16-17H2/t23-/m1/s1. The molecule has 0 N–H and O–H groups in total. The number of hydrogen-bond acceptors (Lipinski definition) is 4. The van der Waals surface area contributed by atoms with E-state index in [1.807, 2.05) is 30.3 Å². The van der Waals surface area contributed by atoms with Crippen LogP contribution in [0.15, 0.2) is 53.5 Å². The summed E-state index contributed by atoms with van der Waals surface area (Å²) >= 11 is 0. The average molecular weight is 556 g/mol. The molecule has 0 radical (unpaired) electrons. The van der Waals surface area contributed by atoms with Crippen LogP contribution in [-0.2, 0) is 23.7 Å². The molecular formula is C27H27F6N3O3. The van der Waals surface area contributed by atoms with Gasteiger partial charge < -0.3 is 9.64 Å². The van der Waals surface area contributed by atoms with E-state index >= 15 is 0 Å². The molecule has 210 valence electrons. The number of hydrogen-bond donors (Lipinski definition) is 0. The zero-order chi connectivity index (χ0) is 28.2. The Bertz CT molecular complexity index is 1180. The smallest absolute Gasteiger partial charge is 0.416 e. The predicted octanol–water partition coefficient (Wildman–Crippen LogP) is 6.20. The van der Waals surface area contributed by atoms with Crippen molar-refractivity contribution in [1.82, 2.24) is 9.80 Å². The molecule has 4 rings (SSSR count). The van der Waals surface area contributed by atoms with Gasteiger partial charge in [-0.25, -0.2) is 9.79 Å². The Hall–Kier alpha value is -3.41. The van der Waals surface area contributed by atoms with Crippen molar-refractivity contribution >= 4 is 17.7 Å². The van der Waals surface area contributed by atoms with E-state index in [0.717, 1.165) is 18.4 Å². The number of halogens is 6. The molecule has 0 unspecified atom stereocenters. The minimum absolute atomic E-state index is 0.0198. The number of likely N-dealkylation sites (tertiary alicyclic amines) is 2. The van der Waals surface area contributed by atoms with Crippen LogP contribution in [-0.4, -0.2) is 59.7 Å². The molecule has 0 aliphatic carbocycles. The van der Waals surface area contributed by atoms with Crippen LogP contribution in [0.4, 0.5) is 31.1 Å². The van der Waals surface area contributed by atoms with Gasteiger partial charge in [0.2, 0.25) is 0 Å². The summed E-state index contributed by atoms with van der Waals surface area (Å²) in [5.41, 5.74) is -2.59. The second-order valence-corrected chi connectivity index (χ2v) is 9.61. The maximum Gasteiger partial charge on any atom is 0.416 e. The largest absolute Gasteiger partial charge is 0.445 e. The Morgan fingerprint density at radius 1 is 0.897 bits per heavy atom. The Morgan fingerprint density at radius 2 is 1.56 bits per heavy atom. The highest BCUT2D eigenvalue weighted by molar-refractivity contribution is 6.05. The van der Waals surface area contributed by atoms with Crippen LogP contribution in [0.2, 0.25) is 0 Å². The molecule has 2 aliphatic heterocycles. The molecule has 2 saturated heterocycles. The molecule has 1 atom stereocenters. The van der Waals surface area contributed by atoms with E-state index in [4.69, 9.17) is 4.74 Å². The summed E-state index contributed by atoms with van der Waals surface area (Å²) in [5, 5.41) is 0. The average Bonchev–Trinajstić information content (AvgIpc) is 3.21. The van der Waals surface area contributed by atoms with Crippen molar-refractivity contribution in [1.29, 1.82) is 0 Å². The molecule has 2 aromatic carbocycles. The number of carbonyl (C=O) groups excluding carboxylic acids is 2. The van der Waals surface area contributed by atoms with Gasteiger partial charge in [-0.1, -0.05) is 30.3 Å². The predicted molar refractivity (Wildman–Crippen MR) is 130 cm³/mol. The quantitative estimate of drug-likeness (QED) is 0.422. The summed E-state index contributed by atoms with van der Waals surface area (Å²) in [4.78, 5) is 32.7. The Kier molecular flexibility index (Phi) is 8.63. The third kappa shape index (κ3) is 7.59. The normalized spacial score (nSPS) is 20.2. The first-order valence-corrected chi connectivity index (χ1v) is 12.5. The van der Waals surface area contributed by atoms with E-state index in [1.54, 1.807) is 4.90 Å². The third-order valence-corrected chi connectivity index (χ3v) is 6.84. The van der Waals surface area contributed by atoms with Crippen LogP contribution in [0, 0.1) is 0 Å². The first-order chi connectivity index (χ1) is 18.4. The van der Waals surface area contributed by atoms with Crippen molar-refractivity contribution in [2.24, 2.45) is 4.99 Å². The lowest BCUT2D eigenvalue weighted by Crippen LogP contribution is -2.36. The minimum atomic E-state index is -5.05. The summed E-state index contributed by atoms with van der Waals surface area (Å²) < 4.78 is 84.3. The van der Waals surface area contributed by atoms with Gasteiger partial charge in [0.05, 0.1) is 11.1 Å². The molecule has 2 amide bonds. The number of nitrogens with zero attached hydrogens (tertiary/aromatic N) is 3. The SMILES string of the molecule is O=C(N=C1CCN([C@@H]2CCCN(C(=O)OCc3ccccc3)CC2)C1)c1cc(C(F)(F)F)cc(C(F)(F)F)c1. The fourth-order valence-electron chi connectivity index (χ4n) is 4.79. The number of benzene rings is 2. The fourth-order valence-corrected chi connectivity index (χ4v) is 4.79. The Morgan fingerprint density at radius 3 is 2.21 bits per heavy atom. The van der Waals surface area contributed by atoms with Gasteiger partial charge in [-0.3, -0.25) is 9.69 Å². The fraction of sp³-hybridized carbons (Fsp3) is 0.444. The number of aliphatic imine (C=N–C) groups is 1. The maximum atomic E-state index is 13.1. The number of amides is 2. The highest BCUT2D eigenvalue weighted by atomic mass is 19.4. The summed E-state index contributed by atoms with van der Waals surface area (Å²) in [6.45, 7) is 2.01. The Balaban J connectivity index is 1.36. The summed E-state index contributed by atoms with van der Waals surface area (Å²) in [7, 11) is 0. The van der Waals surface area contributed by atoms with Crippen molar-refractivity contribution in [3.63, 3.8) is 0 Å². The molecular weight excluding hydrogens is 528 g/mol. The lowest BCUT2D eigenvalue weighted by molar-refractivity contribution is -0.143. The molecule has 0 bridgehead atoms. The maximum absolute atomic E-state index is 13.1. The number of rotatable bonds is 4. The van der Waals surface area contributed by atoms with Gasteiger partial charge in [0.15, 0.2) is 0 Å². The van der Waals surface area contributed by atoms with Crippen LogP contribution in [0.25, 0.3) is 0 Å². The van der Waals surface area contributed by atoms with Crippen LogP contribution in [0.5, 0.6) is 0 Å². The molecule has 39 heavy (non-hydrogen) atoms. The third-order valence-electron chi connectivity index (χ3n) is 6.84. The van der Waals surface area contributed by atoms with Gasteiger partial charge >= 0.3 is 18.4 Å². The molecule has 2 aliphatic rings. The molecule has 12 heteroatoms. The van der Waals surface area contributed by atoms with Gasteiger partial charge in [-0.2, -0.15) is 26.3 Å². The van der Waals surface area contributed by atoms with Crippen molar-refractivity contribution in [3.05, 3.63) is 70.8 Å². The van der Waals surface area contributed by atoms with Crippen molar-refractivity contribution in [2.75, 3.05) is 26.2 Å². The lowest BCUT2D eigenvalue weighted by Gasteiger charge is -2.26. The molecule has 2 heterocycles. The first-order valence-electron chi connectivity index (χ1n) is 12.5. The highest BCUT2D eigenvalue weighted by Crippen LogP contribution is 2.36. The number of ether oxygens (including phenoxy) is 1. The van der Waals surface area contributed by atoms with Gasteiger partial charge in [-0.15, -0.1) is 0 Å². The second kappa shape index (κ2) is 11.8. The molecule has 2 aromatic rings.